The maximum atomic E-state index is 11.9. The first kappa shape index (κ1) is 14.1. The number of aryl methyl sites for hydroxylation is 1. The van der Waals surface area contributed by atoms with Gasteiger partial charge in [-0.2, -0.15) is 5.10 Å². The summed E-state index contributed by atoms with van der Waals surface area (Å²) >= 11 is 0. The van der Waals surface area contributed by atoms with Gasteiger partial charge in [0.25, 0.3) is 5.91 Å². The predicted octanol–water partition coefficient (Wildman–Crippen LogP) is 0.852. The molecule has 2 aromatic rings. The molecule has 7 heteroatoms. The van der Waals surface area contributed by atoms with Crippen LogP contribution in [-0.4, -0.2) is 33.2 Å². The molecule has 0 aliphatic carbocycles. The monoisotopic (exact) mass is 299 g/mol. The Hall–Kier alpha value is -2.83. The van der Waals surface area contributed by atoms with Crippen molar-refractivity contribution in [3.63, 3.8) is 0 Å². The smallest absolute Gasteiger partial charge is 0.315 e. The number of amides is 3. The molecular formula is C15H17N5O2. The summed E-state index contributed by atoms with van der Waals surface area (Å²) < 4.78 is 1.73. The van der Waals surface area contributed by atoms with Crippen LogP contribution in [0, 0.1) is 6.92 Å². The second-order valence-electron chi connectivity index (χ2n) is 5.39. The van der Waals surface area contributed by atoms with Crippen molar-refractivity contribution < 1.29 is 9.59 Å². The molecule has 1 aliphatic rings. The summed E-state index contributed by atoms with van der Waals surface area (Å²) in [5, 5.41) is 4.51. The third-order valence-electron chi connectivity index (χ3n) is 3.83. The molecular weight excluding hydrogens is 282 g/mol. The first-order valence-corrected chi connectivity index (χ1v) is 6.98. The first-order valence-electron chi connectivity index (χ1n) is 6.98. The van der Waals surface area contributed by atoms with Crippen molar-refractivity contribution in [2.75, 3.05) is 6.54 Å². The van der Waals surface area contributed by atoms with E-state index in [9.17, 15) is 9.59 Å². The van der Waals surface area contributed by atoms with Gasteiger partial charge in [-0.1, -0.05) is 23.8 Å². The van der Waals surface area contributed by atoms with Crippen LogP contribution in [0.25, 0.3) is 11.3 Å². The van der Waals surface area contributed by atoms with Gasteiger partial charge in [0.1, 0.15) is 5.69 Å². The molecule has 0 saturated heterocycles. The lowest BCUT2D eigenvalue weighted by atomic mass is 10.0. The van der Waals surface area contributed by atoms with Crippen LogP contribution in [-0.2, 0) is 13.1 Å². The molecule has 2 heterocycles. The molecule has 0 bridgehead atoms. The van der Waals surface area contributed by atoms with Gasteiger partial charge in [0.2, 0.25) is 0 Å². The molecule has 114 valence electrons. The number of aromatic nitrogens is 2. The second kappa shape index (κ2) is 5.18. The van der Waals surface area contributed by atoms with E-state index in [1.54, 1.807) is 4.68 Å². The molecule has 4 N–H and O–H groups in total. The quantitative estimate of drug-likeness (QED) is 0.858. The average Bonchev–Trinajstić information content (AvgIpc) is 2.85. The van der Waals surface area contributed by atoms with E-state index in [1.807, 2.05) is 31.2 Å². The molecule has 1 aliphatic heterocycles. The Morgan fingerprint density at radius 2 is 2.00 bits per heavy atom. The summed E-state index contributed by atoms with van der Waals surface area (Å²) in [4.78, 5) is 24.8. The van der Waals surface area contributed by atoms with Crippen LogP contribution in [0.15, 0.2) is 24.3 Å². The van der Waals surface area contributed by atoms with E-state index in [0.717, 1.165) is 11.1 Å². The highest BCUT2D eigenvalue weighted by atomic mass is 16.2. The normalized spacial score (nSPS) is 13.8. The van der Waals surface area contributed by atoms with Crippen molar-refractivity contribution in [2.24, 2.45) is 11.5 Å². The van der Waals surface area contributed by atoms with Crippen LogP contribution in [0.3, 0.4) is 0 Å². The van der Waals surface area contributed by atoms with E-state index in [0.29, 0.717) is 30.0 Å². The molecule has 22 heavy (non-hydrogen) atoms. The van der Waals surface area contributed by atoms with Crippen LogP contribution < -0.4 is 11.5 Å². The molecule has 1 aromatic heterocycles. The lowest BCUT2D eigenvalue weighted by Gasteiger charge is -2.26. The lowest BCUT2D eigenvalue weighted by Crippen LogP contribution is -2.42. The molecule has 3 rings (SSSR count). The fourth-order valence-corrected chi connectivity index (χ4v) is 2.76. The lowest BCUT2D eigenvalue weighted by molar-refractivity contribution is 0.0997. The van der Waals surface area contributed by atoms with E-state index in [2.05, 4.69) is 5.10 Å². The minimum absolute atomic E-state index is 0.242. The van der Waals surface area contributed by atoms with E-state index < -0.39 is 11.9 Å². The molecule has 0 fully saturated rings. The number of nitrogens with two attached hydrogens (primary N) is 2. The van der Waals surface area contributed by atoms with Crippen LogP contribution in [0.5, 0.6) is 0 Å². The van der Waals surface area contributed by atoms with Crippen molar-refractivity contribution in [3.8, 4) is 11.3 Å². The van der Waals surface area contributed by atoms with Gasteiger partial charge in [-0.05, 0) is 13.0 Å². The first-order chi connectivity index (χ1) is 10.5. The summed E-state index contributed by atoms with van der Waals surface area (Å²) in [5.74, 6) is -0.552. The number of fused-ring (bicyclic) bond motifs is 1. The predicted molar refractivity (Wildman–Crippen MR) is 80.9 cm³/mol. The topological polar surface area (TPSA) is 107 Å². The standard InChI is InChI=1S/C15H17N5O2/c1-9-3-2-4-10(7-9)13-12(14(16)21)11-8-19(15(17)22)5-6-20(11)18-13/h2-4,7H,5-6,8H2,1H3,(H2,16,21)(H2,17,22). The van der Waals surface area contributed by atoms with E-state index in [1.165, 1.54) is 4.90 Å². The molecule has 0 radical (unpaired) electrons. The van der Waals surface area contributed by atoms with Crippen LogP contribution in [0.2, 0.25) is 0 Å². The van der Waals surface area contributed by atoms with Crippen molar-refractivity contribution in [3.05, 3.63) is 41.1 Å². The fraction of sp³-hybridized carbons (Fsp3) is 0.267. The highest BCUT2D eigenvalue weighted by Gasteiger charge is 2.28. The number of carbonyl (C=O) groups is 2. The Balaban J connectivity index is 2.14. The number of carbonyl (C=O) groups excluding carboxylic acids is 2. The fourth-order valence-electron chi connectivity index (χ4n) is 2.76. The zero-order valence-electron chi connectivity index (χ0n) is 12.2. The summed E-state index contributed by atoms with van der Waals surface area (Å²) in [6, 6.07) is 7.20. The van der Waals surface area contributed by atoms with E-state index in [-0.39, 0.29) is 6.54 Å². The third kappa shape index (κ3) is 2.30. The maximum absolute atomic E-state index is 11.9. The summed E-state index contributed by atoms with van der Waals surface area (Å²) in [7, 11) is 0. The van der Waals surface area contributed by atoms with Gasteiger partial charge < -0.3 is 16.4 Å². The number of hydrogen-bond donors (Lipinski definition) is 2. The summed E-state index contributed by atoms with van der Waals surface area (Å²) in [6.45, 7) is 3.17. The van der Waals surface area contributed by atoms with Crippen LogP contribution >= 0.6 is 0 Å². The minimum atomic E-state index is -0.552. The largest absolute Gasteiger partial charge is 0.365 e. The van der Waals surface area contributed by atoms with E-state index in [4.69, 9.17) is 11.5 Å². The van der Waals surface area contributed by atoms with Crippen molar-refractivity contribution in [1.82, 2.24) is 14.7 Å². The number of benzene rings is 1. The molecule has 1 aromatic carbocycles. The summed E-state index contributed by atoms with van der Waals surface area (Å²) in [6.07, 6.45) is 0. The molecule has 3 amide bonds. The van der Waals surface area contributed by atoms with Crippen LogP contribution in [0.4, 0.5) is 4.79 Å². The van der Waals surface area contributed by atoms with Gasteiger partial charge in [0.05, 0.1) is 24.3 Å². The number of nitrogens with zero attached hydrogens (tertiary/aromatic N) is 3. The zero-order chi connectivity index (χ0) is 15.9. The number of hydrogen-bond acceptors (Lipinski definition) is 3. The van der Waals surface area contributed by atoms with Gasteiger partial charge in [0, 0.05) is 12.1 Å². The highest BCUT2D eigenvalue weighted by molar-refractivity contribution is 6.00. The van der Waals surface area contributed by atoms with Gasteiger partial charge in [-0.3, -0.25) is 9.48 Å². The van der Waals surface area contributed by atoms with Crippen molar-refractivity contribution in [2.45, 2.75) is 20.0 Å². The van der Waals surface area contributed by atoms with Crippen molar-refractivity contribution >= 4 is 11.9 Å². The Kier molecular flexibility index (Phi) is 3.32. The Bertz CT molecular complexity index is 765. The highest BCUT2D eigenvalue weighted by Crippen LogP contribution is 2.28. The number of primary amides is 2. The second-order valence-corrected chi connectivity index (χ2v) is 5.39. The van der Waals surface area contributed by atoms with E-state index >= 15 is 0 Å². The molecule has 0 unspecified atom stereocenters. The Morgan fingerprint density at radius 3 is 2.64 bits per heavy atom. The molecule has 0 spiro atoms. The SMILES string of the molecule is Cc1cccc(-c2nn3c(c2C(N)=O)CN(C(N)=O)CC3)c1. The summed E-state index contributed by atoms with van der Waals surface area (Å²) in [5.41, 5.74) is 14.3. The van der Waals surface area contributed by atoms with Gasteiger partial charge in [0.15, 0.2) is 0 Å². The average molecular weight is 299 g/mol. The van der Waals surface area contributed by atoms with Crippen molar-refractivity contribution in [1.29, 1.82) is 0 Å². The van der Waals surface area contributed by atoms with Gasteiger partial charge in [-0.15, -0.1) is 0 Å². The minimum Gasteiger partial charge on any atom is -0.365 e. The number of urea groups is 1. The van der Waals surface area contributed by atoms with Crippen LogP contribution in [0.1, 0.15) is 21.6 Å². The zero-order valence-corrected chi connectivity index (χ0v) is 12.2. The molecule has 7 nitrogen and oxygen atoms in total. The Labute approximate surface area is 127 Å². The Morgan fingerprint density at radius 1 is 1.23 bits per heavy atom. The molecule has 0 atom stereocenters. The molecule has 0 saturated carbocycles. The third-order valence-corrected chi connectivity index (χ3v) is 3.83. The van der Waals surface area contributed by atoms with Gasteiger partial charge in [-0.25, -0.2) is 4.79 Å². The number of rotatable bonds is 2. The van der Waals surface area contributed by atoms with Gasteiger partial charge >= 0.3 is 6.03 Å². The maximum Gasteiger partial charge on any atom is 0.315 e.